The average molecular weight is 370 g/mol. The molecule has 2 atom stereocenters. The number of aromatic hydroxyl groups is 1. The van der Waals surface area contributed by atoms with Gasteiger partial charge in [0.1, 0.15) is 16.9 Å². The normalized spacial score (nSPS) is 19.8. The van der Waals surface area contributed by atoms with Crippen LogP contribution in [0.2, 0.25) is 0 Å². The molecule has 2 rings (SSSR count). The zero-order valence-corrected chi connectivity index (χ0v) is 16.8. The summed E-state index contributed by atoms with van der Waals surface area (Å²) in [5, 5.41) is 17.0. The maximum Gasteiger partial charge on any atom is 0.145 e. The van der Waals surface area contributed by atoms with Gasteiger partial charge in [0.15, 0.2) is 0 Å². The number of thiol groups is 1. The molecule has 7 heteroatoms. The summed E-state index contributed by atoms with van der Waals surface area (Å²) in [6.07, 6.45) is 3.39. The first-order valence-corrected chi connectivity index (χ1v) is 9.51. The van der Waals surface area contributed by atoms with Gasteiger partial charge in [-0.05, 0) is 37.9 Å². The molecule has 1 saturated heterocycles. The highest BCUT2D eigenvalue weighted by Gasteiger charge is 2.25. The summed E-state index contributed by atoms with van der Waals surface area (Å²) in [6.45, 7) is 12.5. The van der Waals surface area contributed by atoms with Crippen molar-refractivity contribution in [3.05, 3.63) is 23.5 Å². The highest BCUT2D eigenvalue weighted by atomic mass is 32.1. The van der Waals surface area contributed by atoms with Crippen molar-refractivity contribution in [2.24, 2.45) is 5.73 Å². The number of pyridine rings is 1. The first-order chi connectivity index (χ1) is 11.8. The van der Waals surface area contributed by atoms with Crippen LogP contribution in [0.15, 0.2) is 12.3 Å². The van der Waals surface area contributed by atoms with Crippen LogP contribution in [0.3, 0.4) is 0 Å². The lowest BCUT2D eigenvalue weighted by Gasteiger charge is -2.41. The number of hydrogen-bond acceptors (Lipinski definition) is 7. The van der Waals surface area contributed by atoms with Crippen molar-refractivity contribution in [2.75, 3.05) is 26.2 Å². The van der Waals surface area contributed by atoms with E-state index in [4.69, 9.17) is 11.1 Å². The van der Waals surface area contributed by atoms with Gasteiger partial charge in [-0.1, -0.05) is 20.8 Å². The number of likely N-dealkylation sites (N-methyl/N-ethyl adjacent to an activating group) is 1. The van der Waals surface area contributed by atoms with Gasteiger partial charge < -0.3 is 16.2 Å². The summed E-state index contributed by atoms with van der Waals surface area (Å²) >= 11 is 4.26. The topological polar surface area (TPSA) is 89.5 Å². The Morgan fingerprint density at radius 2 is 2.16 bits per heavy atom. The molecule has 4 N–H and O–H groups in total. The molecule has 2 unspecified atom stereocenters. The van der Waals surface area contributed by atoms with Crippen molar-refractivity contribution in [1.82, 2.24) is 14.8 Å². The number of aryl methyl sites for hydroxylation is 1. The highest BCUT2D eigenvalue weighted by molar-refractivity contribution is 7.80. The van der Waals surface area contributed by atoms with Crippen LogP contribution in [-0.4, -0.2) is 63.3 Å². The molecule has 25 heavy (non-hydrogen) atoms. The monoisotopic (exact) mass is 369 g/mol. The summed E-state index contributed by atoms with van der Waals surface area (Å²) in [4.78, 5) is 8.70. The summed E-state index contributed by atoms with van der Waals surface area (Å²) < 4.78 is 0. The standard InChI is InChI=1S/C9H21N3S.C9H12N2O.H2/c1-3-8-7-12(9(10)13)6-5-11(8)4-2;1-3-7(10)8-9(12)6(2)4-5-11-8;/h8-9,13H,3-7,10H2,1-2H3;4-5,10,12H,3H2,1-2H3;1H. The molecule has 0 aromatic carbocycles. The fraction of sp³-hybridized carbons (Fsp3) is 0.667. The number of piperazine rings is 1. The SMILES string of the molecule is CCC(=N)c1nccc(C)c1O.CCC1CN(C(N)S)CCN1CC.[HH]. The van der Waals surface area contributed by atoms with E-state index in [9.17, 15) is 5.11 Å². The third-order valence-corrected chi connectivity index (χ3v) is 4.98. The van der Waals surface area contributed by atoms with E-state index in [0.29, 0.717) is 23.9 Å². The summed E-state index contributed by atoms with van der Waals surface area (Å²) in [5.74, 6) is 0.129. The number of aromatic nitrogens is 1. The first kappa shape index (κ1) is 21.9. The molecule has 0 bridgehead atoms. The number of hydrogen-bond donors (Lipinski definition) is 4. The highest BCUT2D eigenvalue weighted by Crippen LogP contribution is 2.19. The van der Waals surface area contributed by atoms with Crippen LogP contribution in [-0.2, 0) is 0 Å². The molecular formula is C18H35N5OS. The first-order valence-electron chi connectivity index (χ1n) is 8.99. The number of nitrogens with one attached hydrogen (secondary N) is 1. The minimum Gasteiger partial charge on any atom is -0.505 e. The van der Waals surface area contributed by atoms with E-state index in [0.717, 1.165) is 31.7 Å². The van der Waals surface area contributed by atoms with Gasteiger partial charge >= 0.3 is 0 Å². The average Bonchev–Trinajstić information content (AvgIpc) is 2.63. The number of nitrogens with two attached hydrogens (primary N) is 1. The van der Waals surface area contributed by atoms with Crippen LogP contribution in [0, 0.1) is 12.3 Å². The van der Waals surface area contributed by atoms with Gasteiger partial charge in [-0.3, -0.25) is 14.8 Å². The predicted octanol–water partition coefficient (Wildman–Crippen LogP) is 2.69. The predicted molar refractivity (Wildman–Crippen MR) is 110 cm³/mol. The molecule has 2 heterocycles. The Kier molecular flexibility index (Phi) is 9.42. The van der Waals surface area contributed by atoms with E-state index < -0.39 is 0 Å². The van der Waals surface area contributed by atoms with Crippen LogP contribution in [0.4, 0.5) is 0 Å². The Balaban J connectivity index is 0.000000464. The third kappa shape index (κ3) is 6.26. The number of nitrogens with zero attached hydrogens (tertiary/aromatic N) is 3. The van der Waals surface area contributed by atoms with Crippen LogP contribution < -0.4 is 5.73 Å². The molecule has 1 aromatic rings. The summed E-state index contributed by atoms with van der Waals surface area (Å²) in [5.41, 5.74) is 7.19. The molecular weight excluding hydrogens is 334 g/mol. The molecule has 1 aromatic heterocycles. The van der Waals surface area contributed by atoms with Crippen molar-refractivity contribution in [1.29, 1.82) is 5.41 Å². The van der Waals surface area contributed by atoms with E-state index >= 15 is 0 Å². The van der Waals surface area contributed by atoms with Crippen molar-refractivity contribution in [2.45, 2.75) is 52.1 Å². The van der Waals surface area contributed by atoms with Crippen molar-refractivity contribution in [3.63, 3.8) is 0 Å². The van der Waals surface area contributed by atoms with Gasteiger partial charge in [-0.2, -0.15) is 0 Å². The van der Waals surface area contributed by atoms with Crippen molar-refractivity contribution >= 4 is 18.3 Å². The zero-order chi connectivity index (χ0) is 19.0. The molecule has 0 spiro atoms. The summed E-state index contributed by atoms with van der Waals surface area (Å²) in [7, 11) is 0. The molecule has 1 fully saturated rings. The van der Waals surface area contributed by atoms with Crippen LogP contribution >= 0.6 is 12.6 Å². The smallest absolute Gasteiger partial charge is 0.145 e. The maximum atomic E-state index is 9.50. The quantitative estimate of drug-likeness (QED) is 0.364. The third-order valence-electron chi connectivity index (χ3n) is 4.65. The molecule has 0 aliphatic carbocycles. The van der Waals surface area contributed by atoms with Gasteiger partial charge in [0.05, 0.1) is 5.71 Å². The van der Waals surface area contributed by atoms with E-state index in [2.05, 4.69) is 41.3 Å². The van der Waals surface area contributed by atoms with E-state index in [-0.39, 0.29) is 12.7 Å². The van der Waals surface area contributed by atoms with Crippen LogP contribution in [0.5, 0.6) is 5.75 Å². The molecule has 1 aliphatic rings. The Labute approximate surface area is 158 Å². The van der Waals surface area contributed by atoms with Gasteiger partial charge in [-0.15, -0.1) is 12.6 Å². The lowest BCUT2D eigenvalue weighted by atomic mass is 10.1. The van der Waals surface area contributed by atoms with Crippen LogP contribution in [0.25, 0.3) is 0 Å². The Morgan fingerprint density at radius 1 is 1.48 bits per heavy atom. The Morgan fingerprint density at radius 3 is 2.68 bits per heavy atom. The zero-order valence-electron chi connectivity index (χ0n) is 15.9. The Hall–Kier alpha value is -1.15. The van der Waals surface area contributed by atoms with E-state index in [1.807, 2.05) is 6.92 Å². The molecule has 0 saturated carbocycles. The lowest BCUT2D eigenvalue weighted by Crippen LogP contribution is -2.56. The maximum absolute atomic E-state index is 9.50. The fourth-order valence-electron chi connectivity index (χ4n) is 2.90. The van der Waals surface area contributed by atoms with E-state index in [1.54, 1.807) is 19.2 Å². The molecule has 144 valence electrons. The second kappa shape index (κ2) is 10.8. The van der Waals surface area contributed by atoms with Gasteiger partial charge in [-0.25, -0.2) is 0 Å². The summed E-state index contributed by atoms with van der Waals surface area (Å²) in [6, 6.07) is 2.39. The molecule has 6 nitrogen and oxygen atoms in total. The minimum atomic E-state index is -0.0898. The second-order valence-electron chi connectivity index (χ2n) is 6.26. The van der Waals surface area contributed by atoms with Crippen molar-refractivity contribution < 1.29 is 6.53 Å². The molecule has 0 radical (unpaired) electrons. The minimum absolute atomic E-state index is 0. The van der Waals surface area contributed by atoms with Gasteiger partial charge in [0.2, 0.25) is 0 Å². The second-order valence-corrected chi connectivity index (χ2v) is 6.79. The lowest BCUT2D eigenvalue weighted by molar-refractivity contribution is 0.0714. The van der Waals surface area contributed by atoms with E-state index in [1.165, 1.54) is 6.42 Å². The van der Waals surface area contributed by atoms with Crippen molar-refractivity contribution in [3.8, 4) is 5.75 Å². The van der Waals surface area contributed by atoms with Gasteiger partial charge in [0, 0.05) is 33.3 Å². The number of rotatable bonds is 5. The largest absolute Gasteiger partial charge is 0.505 e. The van der Waals surface area contributed by atoms with Crippen LogP contribution in [0.1, 0.15) is 46.3 Å². The van der Waals surface area contributed by atoms with Gasteiger partial charge in [0.25, 0.3) is 0 Å². The molecule has 1 aliphatic heterocycles. The molecule has 0 amide bonds. The Bertz CT molecular complexity index is 558. The fourth-order valence-corrected chi connectivity index (χ4v) is 3.11.